The largest absolute Gasteiger partial charge is 0.462 e. The number of hydrogen-bond acceptors (Lipinski definition) is 9. The van der Waals surface area contributed by atoms with Gasteiger partial charge in [0.05, 0.1) is 22.8 Å². The Kier molecular flexibility index (Phi) is 7.09. The SMILES string of the molecule is CCOC(=O)c1ccccc1Nc1ncnc(N2CCN(c3cccc(C)c3C)CC2)c1[N+](=O)[O-]. The molecule has 182 valence electrons. The van der Waals surface area contributed by atoms with Crippen LogP contribution in [-0.2, 0) is 4.74 Å². The number of benzene rings is 2. The molecule has 4 rings (SSSR count). The summed E-state index contributed by atoms with van der Waals surface area (Å²) in [6.07, 6.45) is 1.30. The van der Waals surface area contributed by atoms with E-state index in [1.165, 1.54) is 23.1 Å². The van der Waals surface area contributed by atoms with Gasteiger partial charge >= 0.3 is 11.7 Å². The zero-order chi connectivity index (χ0) is 24.9. The van der Waals surface area contributed by atoms with Gasteiger partial charge in [-0.1, -0.05) is 24.3 Å². The van der Waals surface area contributed by atoms with Crippen molar-refractivity contribution in [2.45, 2.75) is 20.8 Å². The predicted octanol–water partition coefficient (Wildman–Crippen LogP) is 4.25. The number of aromatic nitrogens is 2. The van der Waals surface area contributed by atoms with Crippen LogP contribution < -0.4 is 15.1 Å². The molecule has 3 aromatic rings. The smallest absolute Gasteiger partial charge is 0.353 e. The number of para-hydroxylation sites is 1. The van der Waals surface area contributed by atoms with Crippen molar-refractivity contribution in [2.24, 2.45) is 0 Å². The second kappa shape index (κ2) is 10.4. The lowest BCUT2D eigenvalue weighted by Crippen LogP contribution is -2.47. The fraction of sp³-hybridized carbons (Fsp3) is 0.320. The summed E-state index contributed by atoms with van der Waals surface area (Å²) < 4.78 is 5.11. The third-order valence-corrected chi connectivity index (χ3v) is 6.16. The number of ether oxygens (including phenoxy) is 1. The Hall–Kier alpha value is -4.21. The van der Waals surface area contributed by atoms with Gasteiger partial charge in [-0.25, -0.2) is 14.8 Å². The van der Waals surface area contributed by atoms with E-state index in [1.807, 2.05) is 11.0 Å². The number of hydrogen-bond donors (Lipinski definition) is 1. The number of nitro groups is 1. The molecule has 0 saturated carbocycles. The van der Waals surface area contributed by atoms with Crippen LogP contribution in [-0.4, -0.2) is 53.6 Å². The van der Waals surface area contributed by atoms with Crippen LogP contribution in [0.3, 0.4) is 0 Å². The molecule has 0 radical (unpaired) electrons. The number of nitrogens with one attached hydrogen (secondary N) is 1. The lowest BCUT2D eigenvalue weighted by Gasteiger charge is -2.37. The van der Waals surface area contributed by atoms with Gasteiger partial charge in [-0.3, -0.25) is 10.1 Å². The molecule has 10 heteroatoms. The van der Waals surface area contributed by atoms with Crippen molar-refractivity contribution in [1.29, 1.82) is 0 Å². The fourth-order valence-corrected chi connectivity index (χ4v) is 4.20. The topological polar surface area (TPSA) is 114 Å². The van der Waals surface area contributed by atoms with E-state index in [9.17, 15) is 14.9 Å². The molecular weight excluding hydrogens is 448 g/mol. The molecular formula is C25H28N6O4. The lowest BCUT2D eigenvalue weighted by molar-refractivity contribution is -0.383. The van der Waals surface area contributed by atoms with E-state index in [0.717, 1.165) is 0 Å². The number of carbonyl (C=O) groups is 1. The summed E-state index contributed by atoms with van der Waals surface area (Å²) >= 11 is 0. The summed E-state index contributed by atoms with van der Waals surface area (Å²) in [4.78, 5) is 36.6. The molecule has 1 aliphatic heterocycles. The van der Waals surface area contributed by atoms with Gasteiger partial charge in [0.25, 0.3) is 0 Å². The molecule has 1 aliphatic rings. The van der Waals surface area contributed by atoms with Gasteiger partial charge in [0.1, 0.15) is 6.33 Å². The van der Waals surface area contributed by atoms with E-state index in [4.69, 9.17) is 4.74 Å². The Bertz CT molecular complexity index is 1240. The second-order valence-electron chi connectivity index (χ2n) is 8.24. The molecule has 1 N–H and O–H groups in total. The van der Waals surface area contributed by atoms with Gasteiger partial charge in [-0.2, -0.15) is 0 Å². The molecule has 0 spiro atoms. The Balaban J connectivity index is 1.59. The number of nitrogens with zero attached hydrogens (tertiary/aromatic N) is 5. The highest BCUT2D eigenvalue weighted by atomic mass is 16.6. The normalized spacial score (nSPS) is 13.5. The Morgan fingerprint density at radius 2 is 1.77 bits per heavy atom. The second-order valence-corrected chi connectivity index (χ2v) is 8.24. The van der Waals surface area contributed by atoms with Crippen LogP contribution in [0.15, 0.2) is 48.8 Å². The maximum Gasteiger partial charge on any atom is 0.353 e. The first-order valence-electron chi connectivity index (χ1n) is 11.5. The van der Waals surface area contributed by atoms with E-state index in [-0.39, 0.29) is 29.5 Å². The number of esters is 1. The molecule has 35 heavy (non-hydrogen) atoms. The summed E-state index contributed by atoms with van der Waals surface area (Å²) in [5.74, 6) is -0.245. The first kappa shape index (κ1) is 23.9. The molecule has 1 saturated heterocycles. The van der Waals surface area contributed by atoms with Crippen molar-refractivity contribution in [2.75, 3.05) is 47.9 Å². The summed E-state index contributed by atoms with van der Waals surface area (Å²) in [5, 5.41) is 15.1. The monoisotopic (exact) mass is 476 g/mol. The average molecular weight is 477 g/mol. The van der Waals surface area contributed by atoms with Gasteiger partial charge in [0.2, 0.25) is 11.6 Å². The first-order valence-corrected chi connectivity index (χ1v) is 11.5. The average Bonchev–Trinajstić information content (AvgIpc) is 2.86. The molecule has 1 fully saturated rings. The van der Waals surface area contributed by atoms with Crippen LogP contribution >= 0.6 is 0 Å². The number of anilines is 4. The van der Waals surface area contributed by atoms with Gasteiger partial charge in [0.15, 0.2) is 0 Å². The van der Waals surface area contributed by atoms with Gasteiger partial charge in [-0.05, 0) is 50.1 Å². The molecule has 2 heterocycles. The molecule has 0 bridgehead atoms. The lowest BCUT2D eigenvalue weighted by atomic mass is 10.1. The quantitative estimate of drug-likeness (QED) is 0.304. The highest BCUT2D eigenvalue weighted by molar-refractivity contribution is 5.97. The number of piperazine rings is 1. The Morgan fingerprint density at radius 3 is 2.49 bits per heavy atom. The molecule has 0 amide bonds. The maximum atomic E-state index is 12.3. The number of carbonyl (C=O) groups excluding carboxylic acids is 1. The third-order valence-electron chi connectivity index (χ3n) is 6.16. The summed E-state index contributed by atoms with van der Waals surface area (Å²) in [7, 11) is 0. The van der Waals surface area contributed by atoms with Crippen molar-refractivity contribution in [1.82, 2.24) is 9.97 Å². The first-order chi connectivity index (χ1) is 16.9. The molecule has 10 nitrogen and oxygen atoms in total. The Morgan fingerprint density at radius 1 is 1.06 bits per heavy atom. The van der Waals surface area contributed by atoms with Crippen molar-refractivity contribution in [3.8, 4) is 0 Å². The van der Waals surface area contributed by atoms with Gasteiger partial charge in [-0.15, -0.1) is 0 Å². The minimum atomic E-state index is -0.518. The molecule has 1 aromatic heterocycles. The van der Waals surface area contributed by atoms with E-state index in [2.05, 4.69) is 46.2 Å². The minimum absolute atomic E-state index is 0.0220. The van der Waals surface area contributed by atoms with Gasteiger partial charge in [0, 0.05) is 31.9 Å². The molecule has 2 aromatic carbocycles. The summed E-state index contributed by atoms with van der Waals surface area (Å²) in [5.41, 5.74) is 4.06. The van der Waals surface area contributed by atoms with E-state index in [1.54, 1.807) is 31.2 Å². The number of aryl methyl sites for hydroxylation is 1. The summed E-state index contributed by atoms with van der Waals surface area (Å²) in [6, 6.07) is 12.9. The van der Waals surface area contributed by atoms with Gasteiger partial charge < -0.3 is 19.9 Å². The maximum absolute atomic E-state index is 12.3. The van der Waals surface area contributed by atoms with Crippen LogP contribution in [0.4, 0.5) is 28.7 Å². The van der Waals surface area contributed by atoms with Crippen LogP contribution in [0.25, 0.3) is 0 Å². The molecule has 0 aliphatic carbocycles. The molecule has 0 unspecified atom stereocenters. The van der Waals surface area contributed by atoms with E-state index < -0.39 is 10.9 Å². The highest BCUT2D eigenvalue weighted by Gasteiger charge is 2.30. The zero-order valence-electron chi connectivity index (χ0n) is 20.0. The zero-order valence-corrected chi connectivity index (χ0v) is 20.0. The van der Waals surface area contributed by atoms with E-state index >= 15 is 0 Å². The van der Waals surface area contributed by atoms with Crippen LogP contribution in [0.1, 0.15) is 28.4 Å². The van der Waals surface area contributed by atoms with Crippen LogP contribution in [0.5, 0.6) is 0 Å². The van der Waals surface area contributed by atoms with Crippen molar-refractivity contribution in [3.05, 3.63) is 75.6 Å². The summed E-state index contributed by atoms with van der Waals surface area (Å²) in [6.45, 7) is 8.70. The molecule has 0 atom stereocenters. The van der Waals surface area contributed by atoms with Crippen LogP contribution in [0.2, 0.25) is 0 Å². The fourth-order valence-electron chi connectivity index (χ4n) is 4.20. The minimum Gasteiger partial charge on any atom is -0.462 e. The van der Waals surface area contributed by atoms with Crippen molar-refractivity contribution >= 4 is 34.7 Å². The predicted molar refractivity (Wildman–Crippen MR) is 135 cm³/mol. The highest BCUT2D eigenvalue weighted by Crippen LogP contribution is 2.35. The van der Waals surface area contributed by atoms with Crippen molar-refractivity contribution < 1.29 is 14.5 Å². The third kappa shape index (κ3) is 5.01. The van der Waals surface area contributed by atoms with E-state index in [0.29, 0.717) is 31.9 Å². The number of rotatable bonds is 7. The van der Waals surface area contributed by atoms with Crippen molar-refractivity contribution in [3.63, 3.8) is 0 Å². The van der Waals surface area contributed by atoms with Crippen LogP contribution in [0, 0.1) is 24.0 Å². The Labute approximate surface area is 203 Å². The standard InChI is InChI=1S/C25H28N6O4/c1-4-35-25(32)19-9-5-6-10-20(19)28-23-22(31(33)34)24(27-16-26-23)30-14-12-29(13-15-30)21-11-7-8-17(2)18(21)3/h5-11,16H,4,12-15H2,1-3H3,(H,26,27,28).